The van der Waals surface area contributed by atoms with E-state index in [4.69, 9.17) is 0 Å². The molecule has 104 valence electrons. The molecule has 0 saturated heterocycles. The molecule has 1 saturated carbocycles. The van der Waals surface area contributed by atoms with Crippen molar-refractivity contribution in [1.29, 1.82) is 0 Å². The number of nitro benzene ring substituents is 1. The first kappa shape index (κ1) is 12.5. The van der Waals surface area contributed by atoms with Gasteiger partial charge >= 0.3 is 5.69 Å². The molecule has 9 heteroatoms. The second-order valence-corrected chi connectivity index (χ2v) is 4.70. The first-order valence-electron chi connectivity index (χ1n) is 5.96. The first-order valence-corrected chi connectivity index (χ1v) is 5.96. The summed E-state index contributed by atoms with van der Waals surface area (Å²) in [6.07, 6.45) is 1.57. The van der Waals surface area contributed by atoms with Gasteiger partial charge in [-0.2, -0.15) is 9.36 Å². The molecule has 1 aromatic carbocycles. The number of non-ortho nitro benzene ring substituents is 1. The first-order chi connectivity index (χ1) is 9.49. The molecule has 0 bridgehead atoms. The molecule has 1 aliphatic rings. The number of nitrogens with zero attached hydrogens (tertiary/aromatic N) is 5. The summed E-state index contributed by atoms with van der Waals surface area (Å²) in [4.78, 5) is 22.1. The quantitative estimate of drug-likeness (QED) is 0.614. The summed E-state index contributed by atoms with van der Waals surface area (Å²) in [5, 5.41) is 17.9. The zero-order valence-corrected chi connectivity index (χ0v) is 10.5. The van der Waals surface area contributed by atoms with Crippen molar-refractivity contribution in [1.82, 2.24) is 19.8 Å². The van der Waals surface area contributed by atoms with E-state index in [1.54, 1.807) is 0 Å². The second kappa shape index (κ2) is 4.22. The van der Waals surface area contributed by atoms with Crippen LogP contribution in [-0.4, -0.2) is 24.7 Å². The average Bonchev–Trinajstić information content (AvgIpc) is 3.19. The Labute approximate surface area is 111 Å². The summed E-state index contributed by atoms with van der Waals surface area (Å²) in [7, 11) is 1.36. The van der Waals surface area contributed by atoms with Crippen LogP contribution >= 0.6 is 0 Å². The van der Waals surface area contributed by atoms with Gasteiger partial charge < -0.3 is 0 Å². The molecule has 0 N–H and O–H groups in total. The van der Waals surface area contributed by atoms with Crippen molar-refractivity contribution in [2.45, 2.75) is 18.8 Å². The highest BCUT2D eigenvalue weighted by atomic mass is 19.1. The van der Waals surface area contributed by atoms with E-state index < -0.39 is 16.4 Å². The van der Waals surface area contributed by atoms with Gasteiger partial charge in [0.25, 0.3) is 5.69 Å². The minimum absolute atomic E-state index is 0.0268. The van der Waals surface area contributed by atoms with E-state index in [2.05, 4.69) is 10.4 Å². The van der Waals surface area contributed by atoms with Gasteiger partial charge in [-0.1, -0.05) is 0 Å². The highest BCUT2D eigenvalue weighted by Gasteiger charge is 2.31. The lowest BCUT2D eigenvalue weighted by Crippen LogP contribution is -2.23. The molecule has 8 nitrogen and oxygen atoms in total. The van der Waals surface area contributed by atoms with E-state index in [-0.39, 0.29) is 22.9 Å². The monoisotopic (exact) mass is 279 g/mol. The Hall–Kier alpha value is -2.58. The smallest absolute Gasteiger partial charge is 0.258 e. The Morgan fingerprint density at radius 2 is 2.10 bits per heavy atom. The number of aromatic nitrogens is 4. The van der Waals surface area contributed by atoms with Gasteiger partial charge in [0.1, 0.15) is 5.69 Å². The van der Waals surface area contributed by atoms with Crippen molar-refractivity contribution in [3.05, 3.63) is 44.1 Å². The molecule has 0 radical (unpaired) electrons. The normalized spacial score (nSPS) is 14.5. The van der Waals surface area contributed by atoms with Crippen molar-refractivity contribution in [3.63, 3.8) is 0 Å². The Morgan fingerprint density at radius 3 is 2.60 bits per heavy atom. The number of halogens is 1. The van der Waals surface area contributed by atoms with Crippen LogP contribution in [0, 0.1) is 15.9 Å². The lowest BCUT2D eigenvalue weighted by Gasteiger charge is -2.06. The van der Waals surface area contributed by atoms with Crippen LogP contribution in [0.3, 0.4) is 0 Å². The van der Waals surface area contributed by atoms with Crippen molar-refractivity contribution < 1.29 is 9.31 Å². The molecule has 3 rings (SSSR count). The van der Waals surface area contributed by atoms with Crippen molar-refractivity contribution in [2.24, 2.45) is 7.05 Å². The summed E-state index contributed by atoms with van der Waals surface area (Å²) in [6.45, 7) is 0. The van der Waals surface area contributed by atoms with Gasteiger partial charge in [0, 0.05) is 19.2 Å². The van der Waals surface area contributed by atoms with E-state index in [1.165, 1.54) is 13.1 Å². The summed E-state index contributed by atoms with van der Waals surface area (Å²) in [5.41, 5.74) is -0.905. The van der Waals surface area contributed by atoms with E-state index in [0.717, 1.165) is 28.3 Å². The van der Waals surface area contributed by atoms with Crippen molar-refractivity contribution in [3.8, 4) is 5.69 Å². The highest BCUT2D eigenvalue weighted by Crippen LogP contribution is 2.43. The molecule has 0 unspecified atom stereocenters. The van der Waals surface area contributed by atoms with Crippen molar-refractivity contribution in [2.75, 3.05) is 0 Å². The Balaban J connectivity index is 2.26. The van der Waals surface area contributed by atoms with Crippen LogP contribution in [-0.2, 0) is 7.05 Å². The number of hydrogen-bond donors (Lipinski definition) is 0. The van der Waals surface area contributed by atoms with Gasteiger partial charge in [-0.05, 0) is 34.7 Å². The maximum atomic E-state index is 14.4. The summed E-state index contributed by atoms with van der Waals surface area (Å²) >= 11 is 0. The predicted octanol–water partition coefficient (Wildman–Crippen LogP) is 0.891. The zero-order valence-electron chi connectivity index (χ0n) is 10.5. The van der Waals surface area contributed by atoms with Crippen LogP contribution < -0.4 is 5.69 Å². The van der Waals surface area contributed by atoms with Gasteiger partial charge in [0.2, 0.25) is 0 Å². The minimum atomic E-state index is -0.661. The molecule has 1 aromatic heterocycles. The minimum Gasteiger partial charge on any atom is -0.258 e. The number of rotatable bonds is 3. The van der Waals surface area contributed by atoms with Crippen LogP contribution in [0.4, 0.5) is 10.1 Å². The second-order valence-electron chi connectivity index (χ2n) is 4.70. The SMILES string of the molecule is Cn1nnn(-c2cc([N+](=O)[O-])cc(C3CC3)c2F)c1=O. The van der Waals surface area contributed by atoms with Gasteiger partial charge in [0.15, 0.2) is 5.82 Å². The molecule has 0 atom stereocenters. The summed E-state index contributed by atoms with van der Waals surface area (Å²) in [6, 6.07) is 2.22. The molecule has 2 aromatic rings. The fourth-order valence-corrected chi connectivity index (χ4v) is 2.03. The van der Waals surface area contributed by atoms with Crippen molar-refractivity contribution >= 4 is 5.69 Å². The van der Waals surface area contributed by atoms with Crippen LogP contribution in [0.5, 0.6) is 0 Å². The predicted molar refractivity (Wildman–Crippen MR) is 65.2 cm³/mol. The number of hydrogen-bond acceptors (Lipinski definition) is 5. The standard InChI is InChI=1S/C11H10FN5O3/c1-15-11(18)16(14-13-15)9-5-7(17(19)20)4-8(10(9)12)6-2-3-6/h4-6H,2-3H2,1H3. The molecule has 1 heterocycles. The number of tetrazole rings is 1. The third kappa shape index (κ3) is 1.87. The Bertz CT molecular complexity index is 762. The van der Waals surface area contributed by atoms with Crippen LogP contribution in [0.25, 0.3) is 5.69 Å². The van der Waals surface area contributed by atoms with Crippen LogP contribution in [0.15, 0.2) is 16.9 Å². The number of aryl methyl sites for hydroxylation is 1. The molecule has 1 fully saturated rings. The van der Waals surface area contributed by atoms with Gasteiger partial charge in [-0.15, -0.1) is 0 Å². The molecular formula is C11H10FN5O3. The topological polar surface area (TPSA) is 95.8 Å². The molecule has 20 heavy (non-hydrogen) atoms. The molecule has 0 amide bonds. The Morgan fingerprint density at radius 1 is 1.40 bits per heavy atom. The van der Waals surface area contributed by atoms with Gasteiger partial charge in [-0.25, -0.2) is 9.18 Å². The number of nitro groups is 1. The van der Waals surface area contributed by atoms with Crippen LogP contribution in [0.2, 0.25) is 0 Å². The fraction of sp³-hybridized carbons (Fsp3) is 0.364. The lowest BCUT2D eigenvalue weighted by molar-refractivity contribution is -0.384. The Kier molecular flexibility index (Phi) is 2.63. The van der Waals surface area contributed by atoms with Crippen LogP contribution in [0.1, 0.15) is 24.3 Å². The lowest BCUT2D eigenvalue weighted by atomic mass is 10.1. The molecule has 0 aliphatic heterocycles. The molecule has 0 spiro atoms. The van der Waals surface area contributed by atoms with E-state index in [1.807, 2.05) is 0 Å². The zero-order chi connectivity index (χ0) is 14.4. The highest BCUT2D eigenvalue weighted by molar-refractivity contribution is 5.49. The van der Waals surface area contributed by atoms with Gasteiger partial charge in [0.05, 0.1) is 4.92 Å². The summed E-state index contributed by atoms with van der Waals surface area (Å²) in [5.74, 6) is -0.679. The van der Waals surface area contributed by atoms with E-state index in [9.17, 15) is 19.3 Å². The van der Waals surface area contributed by atoms with Gasteiger partial charge in [-0.3, -0.25) is 10.1 Å². The maximum absolute atomic E-state index is 14.4. The summed E-state index contributed by atoms with van der Waals surface area (Å²) < 4.78 is 16.1. The third-order valence-corrected chi connectivity index (χ3v) is 3.24. The van der Waals surface area contributed by atoms with E-state index >= 15 is 0 Å². The third-order valence-electron chi connectivity index (χ3n) is 3.24. The average molecular weight is 279 g/mol. The molecule has 1 aliphatic carbocycles. The molecular weight excluding hydrogens is 269 g/mol. The largest absolute Gasteiger partial charge is 0.368 e. The van der Waals surface area contributed by atoms with E-state index in [0.29, 0.717) is 0 Å². The fourth-order valence-electron chi connectivity index (χ4n) is 2.03. The maximum Gasteiger partial charge on any atom is 0.368 e. The number of benzene rings is 1.